The normalized spacial score (nSPS) is 12.8. The molecular weight excluding hydrogens is 185 g/mol. The molecule has 0 aromatic heterocycles. The van der Waals surface area contributed by atoms with Gasteiger partial charge in [0, 0.05) is 12.5 Å². The van der Waals surface area contributed by atoms with Crippen LogP contribution in [0.2, 0.25) is 0 Å². The van der Waals surface area contributed by atoms with E-state index in [9.17, 15) is 18.0 Å². The average Bonchev–Trinajstić information content (AvgIpc) is 1.81. The van der Waals surface area contributed by atoms with Crippen LogP contribution in [0, 0.1) is 0 Å². The van der Waals surface area contributed by atoms with Crippen LogP contribution in [0.4, 0.5) is 13.2 Å². The van der Waals surface area contributed by atoms with Gasteiger partial charge in [-0.15, -0.1) is 13.2 Å². The Morgan fingerprint density at radius 3 is 2.38 bits per heavy atom. The molecule has 0 aliphatic heterocycles. The van der Waals surface area contributed by atoms with Crippen molar-refractivity contribution in [2.24, 2.45) is 0 Å². The van der Waals surface area contributed by atoms with E-state index in [2.05, 4.69) is 4.74 Å². The van der Waals surface area contributed by atoms with Gasteiger partial charge >= 0.3 is 6.36 Å². The van der Waals surface area contributed by atoms with Crippen LogP contribution in [0.5, 0.6) is 0 Å². The lowest BCUT2D eigenvalue weighted by Gasteiger charge is -2.07. The number of carbonyl (C=O) groups is 1. The topological polar surface area (TPSA) is 26.3 Å². The first kappa shape index (κ1) is 12.0. The zero-order chi connectivity index (χ0) is 10.5. The second-order valence-electron chi connectivity index (χ2n) is 2.52. The summed E-state index contributed by atoms with van der Waals surface area (Å²) in [5.41, 5.74) is 0. The highest BCUT2D eigenvalue weighted by atomic mass is 19.4. The Labute approximate surface area is 74.4 Å². The quantitative estimate of drug-likeness (QED) is 0.510. The Morgan fingerprint density at radius 1 is 1.46 bits per heavy atom. The molecule has 0 unspecified atom stereocenters. The zero-order valence-corrected chi connectivity index (χ0v) is 7.44. The van der Waals surface area contributed by atoms with Crippen molar-refractivity contribution in [3.63, 3.8) is 0 Å². The second kappa shape index (κ2) is 4.89. The molecule has 5 heteroatoms. The molecule has 0 amide bonds. The van der Waals surface area contributed by atoms with E-state index in [-0.39, 0.29) is 12.2 Å². The van der Waals surface area contributed by atoms with E-state index < -0.39 is 12.1 Å². The maximum Gasteiger partial charge on any atom is 0.572 e. The molecule has 0 aliphatic carbocycles. The van der Waals surface area contributed by atoms with Crippen LogP contribution in [-0.2, 0) is 9.53 Å². The standard InChI is InChI=1S/C8H11F3O2/c1-3-4-7(12)5-6(2)13-8(9,10)11/h5H,3-4H2,1-2H3/b6-5-. The van der Waals surface area contributed by atoms with Crippen molar-refractivity contribution in [3.05, 3.63) is 11.8 Å². The summed E-state index contributed by atoms with van der Waals surface area (Å²) in [5, 5.41) is 0. The lowest BCUT2D eigenvalue weighted by atomic mass is 10.2. The predicted octanol–water partition coefficient (Wildman–Crippen LogP) is 2.80. The minimum absolute atomic E-state index is 0.235. The molecule has 0 heterocycles. The van der Waals surface area contributed by atoms with Crippen LogP contribution in [-0.4, -0.2) is 12.1 Å². The lowest BCUT2D eigenvalue weighted by Crippen LogP contribution is -2.12. The number of rotatable bonds is 4. The number of carbonyl (C=O) groups excluding carboxylic acids is 1. The third-order valence-electron chi connectivity index (χ3n) is 1.14. The first-order valence-corrected chi connectivity index (χ1v) is 3.82. The van der Waals surface area contributed by atoms with E-state index in [0.717, 1.165) is 13.0 Å². The summed E-state index contributed by atoms with van der Waals surface area (Å²) in [6, 6.07) is 0. The zero-order valence-electron chi connectivity index (χ0n) is 7.44. The predicted molar refractivity (Wildman–Crippen MR) is 40.8 cm³/mol. The molecule has 0 rings (SSSR count). The van der Waals surface area contributed by atoms with Gasteiger partial charge in [0.1, 0.15) is 5.76 Å². The van der Waals surface area contributed by atoms with Gasteiger partial charge < -0.3 is 4.74 Å². The summed E-state index contributed by atoms with van der Waals surface area (Å²) < 4.78 is 38.2. The van der Waals surface area contributed by atoms with Crippen LogP contribution in [0.1, 0.15) is 26.7 Å². The molecule has 0 saturated heterocycles. The summed E-state index contributed by atoms with van der Waals surface area (Å²) in [6.45, 7) is 2.87. The number of halogens is 3. The highest BCUT2D eigenvalue weighted by Crippen LogP contribution is 2.20. The highest BCUT2D eigenvalue weighted by Gasteiger charge is 2.30. The Kier molecular flexibility index (Phi) is 4.51. The first-order valence-electron chi connectivity index (χ1n) is 3.82. The third-order valence-corrected chi connectivity index (χ3v) is 1.14. The van der Waals surface area contributed by atoms with E-state index in [0.29, 0.717) is 6.42 Å². The van der Waals surface area contributed by atoms with Crippen LogP contribution >= 0.6 is 0 Å². The van der Waals surface area contributed by atoms with Crippen molar-refractivity contribution in [1.29, 1.82) is 0 Å². The van der Waals surface area contributed by atoms with E-state index in [1.165, 1.54) is 0 Å². The summed E-state index contributed by atoms with van der Waals surface area (Å²) in [5.74, 6) is -0.782. The van der Waals surface area contributed by atoms with Crippen molar-refractivity contribution in [3.8, 4) is 0 Å². The molecule has 0 bridgehead atoms. The number of hydrogen-bond donors (Lipinski definition) is 0. The number of allylic oxidation sites excluding steroid dienone is 2. The van der Waals surface area contributed by atoms with E-state index in [1.807, 2.05) is 0 Å². The fraction of sp³-hybridized carbons (Fsp3) is 0.625. The van der Waals surface area contributed by atoms with Crippen molar-refractivity contribution in [1.82, 2.24) is 0 Å². The molecule has 2 nitrogen and oxygen atoms in total. The molecule has 0 aromatic rings. The van der Waals surface area contributed by atoms with Crippen molar-refractivity contribution >= 4 is 5.78 Å². The first-order chi connectivity index (χ1) is 5.85. The maximum absolute atomic E-state index is 11.6. The molecule has 0 fully saturated rings. The van der Waals surface area contributed by atoms with Gasteiger partial charge in [-0.05, 0) is 13.3 Å². The summed E-state index contributed by atoms with van der Waals surface area (Å²) >= 11 is 0. The van der Waals surface area contributed by atoms with Gasteiger partial charge in [0.15, 0.2) is 5.78 Å². The Hall–Kier alpha value is -1.00. The van der Waals surface area contributed by atoms with Gasteiger partial charge in [0.25, 0.3) is 0 Å². The van der Waals surface area contributed by atoms with Crippen LogP contribution in [0.15, 0.2) is 11.8 Å². The summed E-state index contributed by atoms with van der Waals surface area (Å²) in [7, 11) is 0. The fourth-order valence-electron chi connectivity index (χ4n) is 0.757. The van der Waals surface area contributed by atoms with E-state index >= 15 is 0 Å². The molecule has 0 saturated carbocycles. The fourth-order valence-corrected chi connectivity index (χ4v) is 0.757. The third kappa shape index (κ3) is 7.36. The highest BCUT2D eigenvalue weighted by molar-refractivity contribution is 5.89. The molecule has 0 aromatic carbocycles. The van der Waals surface area contributed by atoms with Crippen molar-refractivity contribution < 1.29 is 22.7 Å². The molecule has 0 radical (unpaired) electrons. The van der Waals surface area contributed by atoms with Gasteiger partial charge in [-0.1, -0.05) is 6.92 Å². The van der Waals surface area contributed by atoms with E-state index in [1.54, 1.807) is 6.92 Å². The molecule has 0 spiro atoms. The maximum atomic E-state index is 11.6. The Bertz CT molecular complexity index is 206. The van der Waals surface area contributed by atoms with Gasteiger partial charge in [-0.3, -0.25) is 4.79 Å². The Morgan fingerprint density at radius 2 is 2.00 bits per heavy atom. The molecule has 0 aliphatic rings. The molecule has 76 valence electrons. The summed E-state index contributed by atoms with van der Waals surface area (Å²) in [6.07, 6.45) is -3.02. The molecule has 13 heavy (non-hydrogen) atoms. The van der Waals surface area contributed by atoms with Gasteiger partial charge in [-0.25, -0.2) is 0 Å². The van der Waals surface area contributed by atoms with Gasteiger partial charge in [0.2, 0.25) is 0 Å². The smallest absolute Gasteiger partial charge is 0.411 e. The average molecular weight is 196 g/mol. The monoisotopic (exact) mass is 196 g/mol. The van der Waals surface area contributed by atoms with E-state index in [4.69, 9.17) is 0 Å². The molecular formula is C8H11F3O2. The van der Waals surface area contributed by atoms with Gasteiger partial charge in [-0.2, -0.15) is 0 Å². The number of alkyl halides is 3. The van der Waals surface area contributed by atoms with Crippen molar-refractivity contribution in [2.75, 3.05) is 0 Å². The minimum Gasteiger partial charge on any atom is -0.411 e. The lowest BCUT2D eigenvalue weighted by molar-refractivity contribution is -0.305. The minimum atomic E-state index is -4.72. The van der Waals surface area contributed by atoms with Crippen LogP contribution < -0.4 is 0 Å². The number of ketones is 1. The largest absolute Gasteiger partial charge is 0.572 e. The SMILES string of the molecule is CCCC(=O)/C=C(/C)OC(F)(F)F. The van der Waals surface area contributed by atoms with Crippen LogP contribution in [0.25, 0.3) is 0 Å². The summed E-state index contributed by atoms with van der Waals surface area (Å²) in [4.78, 5) is 10.8. The van der Waals surface area contributed by atoms with Crippen LogP contribution in [0.3, 0.4) is 0 Å². The van der Waals surface area contributed by atoms with Gasteiger partial charge in [0.05, 0.1) is 0 Å². The molecule has 0 N–H and O–H groups in total. The number of ether oxygens (including phenoxy) is 1. The van der Waals surface area contributed by atoms with Crippen molar-refractivity contribution in [2.45, 2.75) is 33.1 Å². The Balaban J connectivity index is 4.09. The molecule has 0 atom stereocenters. The number of hydrogen-bond acceptors (Lipinski definition) is 2. The second-order valence-corrected chi connectivity index (χ2v) is 2.52.